The molecule has 1 aliphatic rings. The van der Waals surface area contributed by atoms with E-state index in [9.17, 15) is 8.42 Å². The van der Waals surface area contributed by atoms with Gasteiger partial charge in [0.2, 0.25) is 10.0 Å². The quantitative estimate of drug-likeness (QED) is 0.688. The molecule has 0 aromatic heterocycles. The van der Waals surface area contributed by atoms with Gasteiger partial charge in [-0.15, -0.1) is 0 Å². The molecule has 2 N–H and O–H groups in total. The number of benzene rings is 1. The molecule has 1 fully saturated rings. The van der Waals surface area contributed by atoms with Gasteiger partial charge in [0.05, 0.1) is 4.90 Å². The summed E-state index contributed by atoms with van der Waals surface area (Å²) in [6.07, 6.45) is 6.79. The van der Waals surface area contributed by atoms with Crippen molar-refractivity contribution in [2.75, 3.05) is 20.1 Å². The second-order valence-electron chi connectivity index (χ2n) is 5.83. The molecule has 0 radical (unpaired) electrons. The molecule has 0 unspecified atom stereocenters. The van der Waals surface area contributed by atoms with Crippen LogP contribution in [-0.4, -0.2) is 28.6 Å². The summed E-state index contributed by atoms with van der Waals surface area (Å²) in [5.41, 5.74) is 1.18. The number of hydrogen-bond donors (Lipinski definition) is 2. The van der Waals surface area contributed by atoms with Crippen molar-refractivity contribution >= 4 is 10.0 Å². The van der Waals surface area contributed by atoms with Crippen molar-refractivity contribution in [3.63, 3.8) is 0 Å². The van der Waals surface area contributed by atoms with Crippen LogP contribution >= 0.6 is 0 Å². The molecular weight excluding hydrogens is 284 g/mol. The molecule has 0 saturated heterocycles. The van der Waals surface area contributed by atoms with Crippen molar-refractivity contribution in [3.05, 3.63) is 29.8 Å². The van der Waals surface area contributed by atoms with Crippen molar-refractivity contribution in [2.45, 2.75) is 43.4 Å². The lowest BCUT2D eigenvalue weighted by Crippen LogP contribution is -2.27. The number of rotatable bonds is 9. The third-order valence-corrected chi connectivity index (χ3v) is 5.67. The second kappa shape index (κ2) is 7.92. The zero-order valence-electron chi connectivity index (χ0n) is 12.8. The van der Waals surface area contributed by atoms with Gasteiger partial charge in [-0.2, -0.15) is 0 Å². The fourth-order valence-corrected chi connectivity index (χ4v) is 3.61. The third-order valence-electron chi connectivity index (χ3n) is 4.20. The smallest absolute Gasteiger partial charge is 0.240 e. The summed E-state index contributed by atoms with van der Waals surface area (Å²) < 4.78 is 27.0. The van der Waals surface area contributed by atoms with Gasteiger partial charge >= 0.3 is 0 Å². The van der Waals surface area contributed by atoms with Crippen LogP contribution in [0.2, 0.25) is 0 Å². The lowest BCUT2D eigenvalue weighted by Gasteiger charge is -2.25. The first-order chi connectivity index (χ1) is 10.1. The van der Waals surface area contributed by atoms with Gasteiger partial charge in [-0.25, -0.2) is 13.1 Å². The Balaban J connectivity index is 1.83. The largest absolute Gasteiger partial charge is 0.320 e. The molecule has 1 aliphatic carbocycles. The van der Waals surface area contributed by atoms with Crippen molar-refractivity contribution in [1.82, 2.24) is 10.0 Å². The Morgan fingerprint density at radius 1 is 1.14 bits per heavy atom. The van der Waals surface area contributed by atoms with Gasteiger partial charge in [0.1, 0.15) is 0 Å². The van der Waals surface area contributed by atoms with Crippen molar-refractivity contribution < 1.29 is 8.42 Å². The maximum Gasteiger partial charge on any atom is 0.240 e. The van der Waals surface area contributed by atoms with Crippen molar-refractivity contribution in [2.24, 2.45) is 5.92 Å². The summed E-state index contributed by atoms with van der Waals surface area (Å²) in [6.45, 7) is 1.53. The third kappa shape index (κ3) is 5.09. The normalized spacial score (nSPS) is 15.9. The molecule has 1 saturated carbocycles. The zero-order chi connectivity index (χ0) is 15.1. The number of aryl methyl sites for hydroxylation is 1. The zero-order valence-corrected chi connectivity index (χ0v) is 13.6. The fraction of sp³-hybridized carbons (Fsp3) is 0.625. The second-order valence-corrected chi connectivity index (χ2v) is 7.60. The molecule has 0 bridgehead atoms. The van der Waals surface area contributed by atoms with Crippen LogP contribution in [0.25, 0.3) is 0 Å². The lowest BCUT2D eigenvalue weighted by atomic mass is 9.83. The molecule has 0 spiro atoms. The van der Waals surface area contributed by atoms with E-state index in [0.29, 0.717) is 11.4 Å². The standard InChI is InChI=1S/C16H26N2O2S/c1-17-12-3-6-15-7-9-16(10-8-15)21(19,20)18-13-11-14-4-2-5-14/h7-10,14,17-18H,2-6,11-13H2,1H3. The maximum absolute atomic E-state index is 12.2. The monoisotopic (exact) mass is 310 g/mol. The maximum atomic E-state index is 12.2. The van der Waals surface area contributed by atoms with Gasteiger partial charge in [-0.1, -0.05) is 31.4 Å². The van der Waals surface area contributed by atoms with E-state index in [1.165, 1.54) is 24.8 Å². The Bertz CT molecular complexity index is 522. The molecule has 21 heavy (non-hydrogen) atoms. The summed E-state index contributed by atoms with van der Waals surface area (Å²) in [4.78, 5) is 0.369. The lowest BCUT2D eigenvalue weighted by molar-refractivity contribution is 0.297. The van der Waals surface area contributed by atoms with Crippen LogP contribution in [-0.2, 0) is 16.4 Å². The molecule has 1 aromatic rings. The predicted octanol–water partition coefficient (Wildman–Crippen LogP) is 2.31. The number of sulfonamides is 1. The Morgan fingerprint density at radius 2 is 1.86 bits per heavy atom. The Kier molecular flexibility index (Phi) is 6.21. The first kappa shape index (κ1) is 16.5. The van der Waals surface area contributed by atoms with E-state index in [-0.39, 0.29) is 0 Å². The molecule has 5 heteroatoms. The van der Waals surface area contributed by atoms with E-state index in [4.69, 9.17) is 0 Å². The van der Waals surface area contributed by atoms with Gasteiger partial charge in [-0.05, 0) is 56.5 Å². The number of hydrogen-bond acceptors (Lipinski definition) is 3. The van der Waals surface area contributed by atoms with E-state index < -0.39 is 10.0 Å². The fourth-order valence-electron chi connectivity index (χ4n) is 2.57. The minimum Gasteiger partial charge on any atom is -0.320 e. The topological polar surface area (TPSA) is 58.2 Å². The van der Waals surface area contributed by atoms with Gasteiger partial charge in [0, 0.05) is 6.54 Å². The van der Waals surface area contributed by atoms with Crippen molar-refractivity contribution in [3.8, 4) is 0 Å². The Hall–Kier alpha value is -0.910. The molecule has 0 heterocycles. The van der Waals surface area contributed by atoms with E-state index in [1.807, 2.05) is 19.2 Å². The molecular formula is C16H26N2O2S. The first-order valence-corrected chi connectivity index (χ1v) is 9.33. The molecule has 0 amide bonds. The summed E-state index contributed by atoms with van der Waals surface area (Å²) in [7, 11) is -1.41. The molecule has 118 valence electrons. The van der Waals surface area contributed by atoms with E-state index in [2.05, 4.69) is 10.0 Å². The Labute approximate surface area is 128 Å². The van der Waals surface area contributed by atoms with E-state index in [1.54, 1.807) is 12.1 Å². The summed E-state index contributed by atoms with van der Waals surface area (Å²) in [5.74, 6) is 0.724. The van der Waals surface area contributed by atoms with Crippen LogP contribution in [0.5, 0.6) is 0 Å². The van der Waals surface area contributed by atoms with E-state index in [0.717, 1.165) is 31.7 Å². The highest BCUT2D eigenvalue weighted by Gasteiger charge is 2.19. The average molecular weight is 310 g/mol. The number of nitrogens with one attached hydrogen (secondary N) is 2. The summed E-state index contributed by atoms with van der Waals surface area (Å²) in [6, 6.07) is 7.24. The SMILES string of the molecule is CNCCCc1ccc(S(=O)(=O)NCCC2CCC2)cc1. The van der Waals surface area contributed by atoms with Crippen LogP contribution in [0.15, 0.2) is 29.2 Å². The van der Waals surface area contributed by atoms with Gasteiger partial charge in [0.15, 0.2) is 0 Å². The van der Waals surface area contributed by atoms with Gasteiger partial charge in [-0.3, -0.25) is 0 Å². The average Bonchev–Trinajstić information content (AvgIpc) is 2.42. The highest BCUT2D eigenvalue weighted by molar-refractivity contribution is 7.89. The first-order valence-electron chi connectivity index (χ1n) is 7.85. The summed E-state index contributed by atoms with van der Waals surface area (Å²) in [5, 5.41) is 3.11. The van der Waals surface area contributed by atoms with Crippen LogP contribution in [0.4, 0.5) is 0 Å². The van der Waals surface area contributed by atoms with Gasteiger partial charge < -0.3 is 5.32 Å². The minimum atomic E-state index is -3.34. The highest BCUT2D eigenvalue weighted by atomic mass is 32.2. The molecule has 0 atom stereocenters. The van der Waals surface area contributed by atoms with Gasteiger partial charge in [0.25, 0.3) is 0 Å². The summed E-state index contributed by atoms with van der Waals surface area (Å²) >= 11 is 0. The van der Waals surface area contributed by atoms with E-state index >= 15 is 0 Å². The Morgan fingerprint density at radius 3 is 2.43 bits per heavy atom. The predicted molar refractivity (Wildman–Crippen MR) is 85.8 cm³/mol. The van der Waals surface area contributed by atoms with Crippen LogP contribution < -0.4 is 10.0 Å². The van der Waals surface area contributed by atoms with Crippen LogP contribution in [0.3, 0.4) is 0 Å². The molecule has 4 nitrogen and oxygen atoms in total. The molecule has 2 rings (SSSR count). The minimum absolute atomic E-state index is 0.369. The van der Waals surface area contributed by atoms with Crippen LogP contribution in [0.1, 0.15) is 37.7 Å². The van der Waals surface area contributed by atoms with Crippen LogP contribution in [0, 0.1) is 5.92 Å². The highest BCUT2D eigenvalue weighted by Crippen LogP contribution is 2.28. The molecule has 0 aliphatic heterocycles. The van der Waals surface area contributed by atoms with Crippen molar-refractivity contribution in [1.29, 1.82) is 0 Å². The molecule has 1 aromatic carbocycles.